The highest BCUT2D eigenvalue weighted by atomic mass is 32.2. The predicted octanol–water partition coefficient (Wildman–Crippen LogP) is 2.61. The van der Waals surface area contributed by atoms with E-state index in [1.807, 2.05) is 73.6 Å². The summed E-state index contributed by atoms with van der Waals surface area (Å²) in [6.07, 6.45) is 1.11. The Labute approximate surface area is 173 Å². The van der Waals surface area contributed by atoms with Crippen molar-refractivity contribution in [3.8, 4) is 0 Å². The first-order valence-corrected chi connectivity index (χ1v) is 11.5. The highest BCUT2D eigenvalue weighted by Crippen LogP contribution is 2.22. The van der Waals surface area contributed by atoms with E-state index in [0.29, 0.717) is 32.5 Å². The van der Waals surface area contributed by atoms with Gasteiger partial charge in [0.2, 0.25) is 15.9 Å². The van der Waals surface area contributed by atoms with E-state index in [2.05, 4.69) is 5.32 Å². The van der Waals surface area contributed by atoms with E-state index in [-0.39, 0.29) is 17.6 Å². The Hall–Kier alpha value is -2.38. The molecule has 2 aromatic rings. The third kappa shape index (κ3) is 5.81. The standard InChI is InChI=1S/C22H29N3O3S/c1-24(2)21-10-8-18(9-11-21)16-23-22(26)20-12-14-25(15-13-20)29(27,28)17-19-6-4-3-5-7-19/h3-11,20H,12-17H2,1-2H3,(H,23,26). The van der Waals surface area contributed by atoms with Gasteiger partial charge < -0.3 is 10.2 Å². The average molecular weight is 416 g/mol. The van der Waals surface area contributed by atoms with E-state index in [9.17, 15) is 13.2 Å². The molecule has 0 radical (unpaired) electrons. The van der Waals surface area contributed by atoms with E-state index in [1.165, 1.54) is 4.31 Å². The number of hydrogen-bond acceptors (Lipinski definition) is 4. The van der Waals surface area contributed by atoms with E-state index < -0.39 is 10.0 Å². The normalized spacial score (nSPS) is 15.8. The molecule has 0 unspecified atom stereocenters. The molecule has 1 aliphatic rings. The van der Waals surface area contributed by atoms with Crippen LogP contribution in [0, 0.1) is 5.92 Å². The molecule has 0 aromatic heterocycles. The molecule has 1 aliphatic heterocycles. The molecule has 0 bridgehead atoms. The first-order valence-electron chi connectivity index (χ1n) is 9.91. The van der Waals surface area contributed by atoms with Crippen LogP contribution in [0.5, 0.6) is 0 Å². The average Bonchev–Trinajstić information content (AvgIpc) is 2.73. The van der Waals surface area contributed by atoms with Crippen molar-refractivity contribution in [1.29, 1.82) is 0 Å². The highest BCUT2D eigenvalue weighted by molar-refractivity contribution is 7.88. The molecule has 29 heavy (non-hydrogen) atoms. The molecule has 1 saturated heterocycles. The van der Waals surface area contributed by atoms with Gasteiger partial charge in [0, 0.05) is 45.3 Å². The first-order chi connectivity index (χ1) is 13.8. The number of piperidine rings is 1. The molecule has 0 spiro atoms. The monoisotopic (exact) mass is 415 g/mol. The molecule has 1 N–H and O–H groups in total. The smallest absolute Gasteiger partial charge is 0.223 e. The minimum absolute atomic E-state index is 0.00166. The van der Waals surface area contributed by atoms with Crippen LogP contribution in [0.25, 0.3) is 0 Å². The first kappa shape index (κ1) is 21.3. The molecule has 1 fully saturated rings. The molecule has 156 valence electrons. The van der Waals surface area contributed by atoms with Gasteiger partial charge in [-0.3, -0.25) is 4.79 Å². The molecule has 0 aliphatic carbocycles. The van der Waals surface area contributed by atoms with Crippen LogP contribution in [-0.4, -0.2) is 45.8 Å². The maximum absolute atomic E-state index is 12.6. The zero-order valence-electron chi connectivity index (χ0n) is 17.0. The number of hydrogen-bond donors (Lipinski definition) is 1. The Morgan fingerprint density at radius 1 is 1.00 bits per heavy atom. The fourth-order valence-corrected chi connectivity index (χ4v) is 5.08. The van der Waals surface area contributed by atoms with E-state index in [1.54, 1.807) is 0 Å². The van der Waals surface area contributed by atoms with Crippen LogP contribution in [0.1, 0.15) is 24.0 Å². The van der Waals surface area contributed by atoms with Gasteiger partial charge in [-0.15, -0.1) is 0 Å². The number of carbonyl (C=O) groups excluding carboxylic acids is 1. The van der Waals surface area contributed by atoms with Crippen LogP contribution >= 0.6 is 0 Å². The van der Waals surface area contributed by atoms with Gasteiger partial charge in [0.05, 0.1) is 5.75 Å². The summed E-state index contributed by atoms with van der Waals surface area (Å²) in [6.45, 7) is 1.27. The van der Waals surface area contributed by atoms with Crippen molar-refractivity contribution >= 4 is 21.6 Å². The third-order valence-corrected chi connectivity index (χ3v) is 7.18. The lowest BCUT2D eigenvalue weighted by atomic mass is 9.97. The molecular formula is C22H29N3O3S. The van der Waals surface area contributed by atoms with Crippen molar-refractivity contribution in [1.82, 2.24) is 9.62 Å². The fourth-order valence-electron chi connectivity index (χ4n) is 3.52. The molecular weight excluding hydrogens is 386 g/mol. The fraction of sp³-hybridized carbons (Fsp3) is 0.409. The Bertz CT molecular complexity index is 904. The zero-order chi connectivity index (χ0) is 20.9. The second kappa shape index (κ2) is 9.41. The van der Waals surface area contributed by atoms with Crippen LogP contribution < -0.4 is 10.2 Å². The lowest BCUT2D eigenvalue weighted by Crippen LogP contribution is -2.43. The zero-order valence-corrected chi connectivity index (χ0v) is 17.9. The molecule has 0 saturated carbocycles. The summed E-state index contributed by atoms with van der Waals surface area (Å²) in [5, 5.41) is 2.99. The van der Waals surface area contributed by atoms with Gasteiger partial charge in [-0.25, -0.2) is 12.7 Å². The number of amides is 1. The number of rotatable bonds is 7. The van der Waals surface area contributed by atoms with Gasteiger partial charge >= 0.3 is 0 Å². The maximum Gasteiger partial charge on any atom is 0.223 e. The van der Waals surface area contributed by atoms with Gasteiger partial charge in [-0.2, -0.15) is 0 Å². The quantitative estimate of drug-likeness (QED) is 0.755. The Morgan fingerprint density at radius 3 is 2.21 bits per heavy atom. The summed E-state index contributed by atoms with van der Waals surface area (Å²) in [5.41, 5.74) is 2.95. The molecule has 2 aromatic carbocycles. The van der Waals surface area contributed by atoms with Crippen molar-refractivity contribution in [2.75, 3.05) is 32.1 Å². The number of anilines is 1. The Morgan fingerprint density at radius 2 is 1.62 bits per heavy atom. The lowest BCUT2D eigenvalue weighted by Gasteiger charge is -2.30. The van der Waals surface area contributed by atoms with Crippen LogP contribution in [0.4, 0.5) is 5.69 Å². The number of nitrogens with one attached hydrogen (secondary N) is 1. The number of nitrogens with zero attached hydrogens (tertiary/aromatic N) is 2. The van der Waals surface area contributed by atoms with Crippen LogP contribution in [0.15, 0.2) is 54.6 Å². The van der Waals surface area contributed by atoms with Crippen LogP contribution in [0.2, 0.25) is 0 Å². The Kier molecular flexibility index (Phi) is 6.92. The second-order valence-corrected chi connectivity index (χ2v) is 9.66. The minimum atomic E-state index is -3.35. The summed E-state index contributed by atoms with van der Waals surface area (Å²) >= 11 is 0. The van der Waals surface area contributed by atoms with Gasteiger partial charge in [-0.1, -0.05) is 42.5 Å². The summed E-state index contributed by atoms with van der Waals surface area (Å²) in [4.78, 5) is 14.5. The molecule has 1 heterocycles. The number of benzene rings is 2. The summed E-state index contributed by atoms with van der Waals surface area (Å²) in [7, 11) is 0.624. The van der Waals surface area contributed by atoms with E-state index >= 15 is 0 Å². The van der Waals surface area contributed by atoms with Crippen molar-refractivity contribution in [2.24, 2.45) is 5.92 Å². The molecule has 7 heteroatoms. The Balaban J connectivity index is 1.47. The minimum Gasteiger partial charge on any atom is -0.378 e. The lowest BCUT2D eigenvalue weighted by molar-refractivity contribution is -0.126. The molecule has 3 rings (SSSR count). The van der Waals surface area contributed by atoms with Gasteiger partial charge in [0.1, 0.15) is 0 Å². The number of sulfonamides is 1. The van der Waals surface area contributed by atoms with E-state index in [4.69, 9.17) is 0 Å². The second-order valence-electron chi connectivity index (χ2n) is 7.69. The topological polar surface area (TPSA) is 69.7 Å². The predicted molar refractivity (Wildman–Crippen MR) is 116 cm³/mol. The van der Waals surface area contributed by atoms with Gasteiger partial charge in [-0.05, 0) is 36.1 Å². The number of carbonyl (C=O) groups is 1. The summed E-state index contributed by atoms with van der Waals surface area (Å²) in [5.74, 6) is -0.130. The SMILES string of the molecule is CN(C)c1ccc(CNC(=O)C2CCN(S(=O)(=O)Cc3ccccc3)CC2)cc1. The van der Waals surface area contributed by atoms with Crippen molar-refractivity contribution in [2.45, 2.75) is 25.1 Å². The summed E-state index contributed by atoms with van der Waals surface area (Å²) < 4.78 is 26.8. The summed E-state index contributed by atoms with van der Waals surface area (Å²) in [6, 6.07) is 17.3. The maximum atomic E-state index is 12.6. The van der Waals surface area contributed by atoms with Crippen molar-refractivity contribution in [3.05, 3.63) is 65.7 Å². The molecule has 6 nitrogen and oxygen atoms in total. The highest BCUT2D eigenvalue weighted by Gasteiger charge is 2.31. The largest absolute Gasteiger partial charge is 0.378 e. The van der Waals surface area contributed by atoms with Crippen molar-refractivity contribution in [3.63, 3.8) is 0 Å². The van der Waals surface area contributed by atoms with Crippen molar-refractivity contribution < 1.29 is 13.2 Å². The van der Waals surface area contributed by atoms with Crippen LogP contribution in [0.3, 0.4) is 0 Å². The molecule has 1 amide bonds. The van der Waals surface area contributed by atoms with Crippen LogP contribution in [-0.2, 0) is 27.1 Å². The third-order valence-electron chi connectivity index (χ3n) is 5.33. The van der Waals surface area contributed by atoms with E-state index in [0.717, 1.165) is 16.8 Å². The molecule has 0 atom stereocenters. The van der Waals surface area contributed by atoms with Gasteiger partial charge in [0.15, 0.2) is 0 Å². The van der Waals surface area contributed by atoms with Gasteiger partial charge in [0.25, 0.3) is 0 Å².